The van der Waals surface area contributed by atoms with E-state index >= 15 is 0 Å². The number of nitrogens with one attached hydrogen (secondary N) is 1. The summed E-state index contributed by atoms with van der Waals surface area (Å²) in [6, 6.07) is 5.84. The van der Waals surface area contributed by atoms with Gasteiger partial charge in [0.15, 0.2) is 5.72 Å². The van der Waals surface area contributed by atoms with Crippen molar-refractivity contribution in [1.29, 1.82) is 0 Å². The Labute approximate surface area is 324 Å². The van der Waals surface area contributed by atoms with Gasteiger partial charge in [-0.25, -0.2) is 14.0 Å². The van der Waals surface area contributed by atoms with Crippen LogP contribution in [0.2, 0.25) is 5.02 Å². The fraction of sp³-hybridized carbons (Fsp3) is 0.487. The van der Waals surface area contributed by atoms with Crippen molar-refractivity contribution < 1.29 is 52.4 Å². The number of allylic oxidation sites excluding steroid dienone is 3. The summed E-state index contributed by atoms with van der Waals surface area (Å²) in [7, 11) is 5.80. The van der Waals surface area contributed by atoms with Gasteiger partial charge in [0.05, 0.1) is 31.0 Å². The van der Waals surface area contributed by atoms with Crippen LogP contribution in [0.25, 0.3) is 0 Å². The van der Waals surface area contributed by atoms with Gasteiger partial charge in [0, 0.05) is 39.1 Å². The lowest BCUT2D eigenvalue weighted by atomic mass is 9.83. The number of anilines is 2. The van der Waals surface area contributed by atoms with Crippen molar-refractivity contribution in [3.8, 4) is 5.75 Å². The molecule has 0 radical (unpaired) electrons. The molecule has 8 atom stereocenters. The molecule has 14 nitrogen and oxygen atoms in total. The molecule has 4 N–H and O–H groups in total. The van der Waals surface area contributed by atoms with Gasteiger partial charge < -0.3 is 44.3 Å². The third kappa shape index (κ3) is 8.59. The molecule has 3 aliphatic heterocycles. The maximum atomic E-state index is 14.2. The van der Waals surface area contributed by atoms with E-state index in [4.69, 9.17) is 41.0 Å². The molecule has 3 aliphatic rings. The molecule has 4 bridgehead atoms. The zero-order valence-corrected chi connectivity index (χ0v) is 32.8. The Hall–Kier alpha value is -4.70. The van der Waals surface area contributed by atoms with Crippen LogP contribution in [0, 0.1) is 11.7 Å². The molecule has 0 aliphatic carbocycles. The van der Waals surface area contributed by atoms with E-state index in [1.165, 1.54) is 45.2 Å². The lowest BCUT2D eigenvalue weighted by Crippen LogP contribution is -2.63. The zero-order valence-electron chi connectivity index (χ0n) is 32.1. The monoisotopic (exact) mass is 786 g/mol. The second-order valence-corrected chi connectivity index (χ2v) is 14.9. The molecule has 2 aromatic rings. The molecule has 3 heterocycles. The number of likely N-dealkylation sites (N-methyl/N-ethyl adjacent to an activating group) is 1. The summed E-state index contributed by atoms with van der Waals surface area (Å²) in [5.41, 5.74) is 4.37. The van der Waals surface area contributed by atoms with Gasteiger partial charge in [-0.1, -0.05) is 42.3 Å². The molecule has 0 saturated carbocycles. The van der Waals surface area contributed by atoms with Crippen molar-refractivity contribution in [3.63, 3.8) is 0 Å². The Morgan fingerprint density at radius 2 is 1.93 bits per heavy atom. The number of hydrogen-bond donors (Lipinski definition) is 3. The summed E-state index contributed by atoms with van der Waals surface area (Å²) in [6.45, 7) is 6.79. The van der Waals surface area contributed by atoms with Gasteiger partial charge in [0.2, 0.25) is 5.91 Å². The molecule has 2 fully saturated rings. The second-order valence-electron chi connectivity index (χ2n) is 14.6. The van der Waals surface area contributed by atoms with Crippen LogP contribution in [-0.2, 0) is 35.0 Å². The van der Waals surface area contributed by atoms with Gasteiger partial charge in [0.25, 0.3) is 5.91 Å². The number of alkyl carbamates (subject to hydrolysis) is 1. The van der Waals surface area contributed by atoms with Crippen molar-refractivity contribution in [2.24, 2.45) is 5.92 Å². The number of halogens is 2. The maximum absolute atomic E-state index is 14.2. The standard InChI is InChI=1S/C39H48ClFN4O10/c1-20-10-9-11-30(52-8)39(50)19-29(53-37(49)43-39)21(2)34-38(4,55-34)31(18-32(46)45(6)27-15-23(14-20)16-28(51-7)33(27)40)54-36(48)22(3)44(5)35(47)24-12-13-25(41)26(42)17-24/h9-13,15-17,21-22,29-31,34,50H,14,18-19,42H2,1-8H3,(H,43,49)/b11-9+,20-10+/t21-,22+,29+,30-,31+,34+,38+,39+/m1/s1. The number of benzene rings is 2. The number of rotatable bonds is 6. The normalized spacial score (nSPS) is 30.4. The van der Waals surface area contributed by atoms with Gasteiger partial charge >= 0.3 is 12.1 Å². The summed E-state index contributed by atoms with van der Waals surface area (Å²) < 4.78 is 42.9. The van der Waals surface area contributed by atoms with Crippen LogP contribution in [-0.4, -0.2) is 104 Å². The average Bonchev–Trinajstić information content (AvgIpc) is 3.84. The fourth-order valence-corrected chi connectivity index (χ4v) is 7.37. The van der Waals surface area contributed by atoms with Crippen LogP contribution in [0.1, 0.15) is 56.5 Å². The topological polar surface area (TPSA) is 182 Å². The number of methoxy groups -OCH3 is 2. The van der Waals surface area contributed by atoms with Crippen LogP contribution in [0.15, 0.2) is 54.1 Å². The van der Waals surface area contributed by atoms with E-state index in [0.29, 0.717) is 17.9 Å². The lowest BCUT2D eigenvalue weighted by Gasteiger charge is -2.42. The average molecular weight is 787 g/mol. The second kappa shape index (κ2) is 16.2. The number of nitrogen functional groups attached to an aromatic ring is 1. The molecule has 298 valence electrons. The molecule has 0 spiro atoms. The molecule has 55 heavy (non-hydrogen) atoms. The highest BCUT2D eigenvalue weighted by atomic mass is 35.5. The number of epoxide rings is 1. The molecule has 5 rings (SSSR count). The Balaban J connectivity index is 1.52. The number of nitrogens with two attached hydrogens (primary N) is 1. The molecule has 3 amide bonds. The van der Waals surface area contributed by atoms with Crippen LogP contribution >= 0.6 is 11.6 Å². The minimum absolute atomic E-state index is 0.0547. The zero-order chi connectivity index (χ0) is 40.6. The van der Waals surface area contributed by atoms with Crippen molar-refractivity contribution >= 4 is 46.9 Å². The summed E-state index contributed by atoms with van der Waals surface area (Å²) in [4.78, 5) is 56.6. The predicted molar refractivity (Wildman–Crippen MR) is 201 cm³/mol. The molecule has 0 aromatic heterocycles. The van der Waals surface area contributed by atoms with Gasteiger partial charge in [-0.05, 0) is 63.1 Å². The highest BCUT2D eigenvalue weighted by Gasteiger charge is 2.64. The first-order valence-corrected chi connectivity index (χ1v) is 18.1. The maximum Gasteiger partial charge on any atom is 0.409 e. The first kappa shape index (κ1) is 41.5. The first-order valence-electron chi connectivity index (χ1n) is 17.7. The van der Waals surface area contributed by atoms with Crippen LogP contribution in [0.3, 0.4) is 0 Å². The molecule has 2 aromatic carbocycles. The Morgan fingerprint density at radius 3 is 2.58 bits per heavy atom. The number of ether oxygens (including phenoxy) is 5. The highest BCUT2D eigenvalue weighted by Crippen LogP contribution is 2.49. The van der Waals surface area contributed by atoms with E-state index in [1.54, 1.807) is 45.2 Å². The number of esters is 1. The number of hydrogen-bond acceptors (Lipinski definition) is 11. The van der Waals surface area contributed by atoms with Crippen LogP contribution in [0.5, 0.6) is 5.75 Å². The Bertz CT molecular complexity index is 1910. The summed E-state index contributed by atoms with van der Waals surface area (Å²) in [5, 5.41) is 14.4. The number of carbonyl (C=O) groups is 4. The van der Waals surface area contributed by atoms with E-state index in [-0.39, 0.29) is 29.1 Å². The first-order chi connectivity index (χ1) is 25.8. The van der Waals surface area contributed by atoms with Crippen LogP contribution in [0.4, 0.5) is 20.6 Å². The number of fused-ring (bicyclic) bond motifs is 5. The molecular weight excluding hydrogens is 739 g/mol. The van der Waals surface area contributed by atoms with E-state index < -0.39 is 77.4 Å². The molecule has 2 saturated heterocycles. The van der Waals surface area contributed by atoms with Crippen molar-refractivity contribution in [1.82, 2.24) is 10.2 Å². The molecule has 16 heteroatoms. The molecular formula is C39H48ClFN4O10. The quantitative estimate of drug-likeness (QED) is 0.212. The number of amides is 3. The molecule has 0 unspecified atom stereocenters. The lowest BCUT2D eigenvalue weighted by molar-refractivity contribution is -0.158. The number of carbonyl (C=O) groups excluding carboxylic acids is 4. The minimum atomic E-state index is -1.86. The Kier molecular flexibility index (Phi) is 12.2. The summed E-state index contributed by atoms with van der Waals surface area (Å²) in [5.74, 6) is -2.89. The van der Waals surface area contributed by atoms with E-state index in [1.807, 2.05) is 13.0 Å². The third-order valence-corrected chi connectivity index (χ3v) is 11.1. The number of nitrogens with zero attached hydrogens (tertiary/aromatic N) is 2. The van der Waals surface area contributed by atoms with Crippen molar-refractivity contribution in [2.45, 2.75) is 88.7 Å². The highest BCUT2D eigenvalue weighted by molar-refractivity contribution is 6.35. The summed E-state index contributed by atoms with van der Waals surface area (Å²) in [6.07, 6.45) is 0.484. The largest absolute Gasteiger partial charge is 0.495 e. The van der Waals surface area contributed by atoms with Crippen molar-refractivity contribution in [2.75, 3.05) is 38.9 Å². The van der Waals surface area contributed by atoms with E-state index in [9.17, 15) is 28.7 Å². The van der Waals surface area contributed by atoms with Gasteiger partial charge in [-0.2, -0.15) is 0 Å². The fourth-order valence-electron chi connectivity index (χ4n) is 7.06. The number of aliphatic hydroxyl groups is 1. The summed E-state index contributed by atoms with van der Waals surface area (Å²) >= 11 is 6.75. The SMILES string of the molecule is COc1cc2cc(c1Cl)N(C)C(=O)C[C@H](OC(=O)[C@H](C)N(C)C(=O)c1ccc(F)c(N)c1)[C@]1(C)O[C@H]1[C@H](C)[C@@H]1C[C@@](O)(NC(=O)O1)[C@H](OC)/C=C/C=C(\C)C2. The minimum Gasteiger partial charge on any atom is -0.495 e. The predicted octanol–water partition coefficient (Wildman–Crippen LogP) is 4.55. The van der Waals surface area contributed by atoms with Gasteiger partial charge in [-0.15, -0.1) is 0 Å². The smallest absolute Gasteiger partial charge is 0.409 e. The Morgan fingerprint density at radius 1 is 1.22 bits per heavy atom. The van der Waals surface area contributed by atoms with Gasteiger partial charge in [0.1, 0.15) is 46.5 Å². The van der Waals surface area contributed by atoms with Crippen LogP contribution < -0.4 is 20.7 Å². The van der Waals surface area contributed by atoms with E-state index in [2.05, 4.69) is 5.32 Å². The van der Waals surface area contributed by atoms with Gasteiger partial charge in [-0.3, -0.25) is 14.9 Å². The third-order valence-electron chi connectivity index (χ3n) is 10.7. The van der Waals surface area contributed by atoms with Crippen molar-refractivity contribution in [3.05, 3.63) is 76.1 Å². The van der Waals surface area contributed by atoms with E-state index in [0.717, 1.165) is 22.1 Å².